The number of aromatic nitrogens is 3. The van der Waals surface area contributed by atoms with Crippen molar-refractivity contribution < 1.29 is 9.53 Å². The normalized spacial score (nSPS) is 10.8. The van der Waals surface area contributed by atoms with E-state index in [1.807, 2.05) is 24.3 Å². The predicted octanol–water partition coefficient (Wildman–Crippen LogP) is 4.46. The molecule has 3 aromatic rings. The van der Waals surface area contributed by atoms with E-state index in [9.17, 15) is 4.79 Å². The maximum absolute atomic E-state index is 12.4. The van der Waals surface area contributed by atoms with Gasteiger partial charge in [-0.15, -0.1) is 21.5 Å². The van der Waals surface area contributed by atoms with Crippen LogP contribution in [0.2, 0.25) is 0 Å². The van der Waals surface area contributed by atoms with Crippen LogP contribution in [0.15, 0.2) is 40.9 Å². The fraction of sp³-hybridized carbons (Fsp3) is 0.316. The second-order valence-corrected chi connectivity index (χ2v) is 8.00. The van der Waals surface area contributed by atoms with E-state index in [4.69, 9.17) is 4.74 Å². The lowest BCUT2D eigenvalue weighted by atomic mass is 10.3. The van der Waals surface area contributed by atoms with Crippen molar-refractivity contribution >= 4 is 34.7 Å². The fourth-order valence-electron chi connectivity index (χ4n) is 2.66. The third-order valence-electron chi connectivity index (χ3n) is 3.87. The van der Waals surface area contributed by atoms with Crippen molar-refractivity contribution in [2.24, 2.45) is 0 Å². The molecule has 0 bridgehead atoms. The lowest BCUT2D eigenvalue weighted by Crippen LogP contribution is -2.15. The summed E-state index contributed by atoms with van der Waals surface area (Å²) in [5.74, 6) is 1.64. The van der Waals surface area contributed by atoms with Crippen molar-refractivity contribution in [3.63, 3.8) is 0 Å². The summed E-state index contributed by atoms with van der Waals surface area (Å²) in [5, 5.41) is 14.4. The molecule has 1 aromatic carbocycles. The summed E-state index contributed by atoms with van der Waals surface area (Å²) in [6.07, 6.45) is 0.967. The summed E-state index contributed by atoms with van der Waals surface area (Å²) in [6.45, 7) is 5.01. The summed E-state index contributed by atoms with van der Waals surface area (Å²) in [7, 11) is 1.58. The first kappa shape index (κ1) is 19.4. The van der Waals surface area contributed by atoms with Crippen LogP contribution >= 0.6 is 23.1 Å². The average Bonchev–Trinajstić information content (AvgIpc) is 3.27. The summed E-state index contributed by atoms with van der Waals surface area (Å²) >= 11 is 3.08. The van der Waals surface area contributed by atoms with Gasteiger partial charge in [-0.05, 0) is 31.5 Å². The highest BCUT2D eigenvalue weighted by Crippen LogP contribution is 2.28. The molecule has 0 aliphatic carbocycles. The van der Waals surface area contributed by atoms with Gasteiger partial charge in [0, 0.05) is 22.4 Å². The molecule has 1 N–H and O–H groups in total. The molecular weight excluding hydrogens is 380 g/mol. The van der Waals surface area contributed by atoms with Gasteiger partial charge in [-0.25, -0.2) is 0 Å². The molecule has 0 radical (unpaired) electrons. The first-order valence-corrected chi connectivity index (χ1v) is 10.5. The molecule has 0 unspecified atom stereocenters. The largest absolute Gasteiger partial charge is 0.495 e. The molecule has 2 aromatic heterocycles. The SMILES string of the molecule is CCCn1c(SCC(=O)Nc2ccccc2OC)nnc1-c1csc(C)c1. The number of amides is 1. The van der Waals surface area contributed by atoms with Crippen molar-refractivity contribution in [3.8, 4) is 17.1 Å². The third kappa shape index (κ3) is 4.70. The molecule has 0 saturated carbocycles. The number of ether oxygens (including phenoxy) is 1. The van der Waals surface area contributed by atoms with Crippen LogP contribution < -0.4 is 10.1 Å². The molecule has 142 valence electrons. The zero-order valence-corrected chi connectivity index (χ0v) is 17.2. The number of nitrogens with one attached hydrogen (secondary N) is 1. The Morgan fingerprint density at radius 1 is 1.33 bits per heavy atom. The Balaban J connectivity index is 1.70. The number of para-hydroxylation sites is 2. The third-order valence-corrected chi connectivity index (χ3v) is 5.69. The standard InChI is InChI=1S/C19H22N4O2S2/c1-4-9-23-18(14-10-13(2)26-11-14)21-22-19(23)27-12-17(24)20-15-7-5-6-8-16(15)25-3/h5-8,10-11H,4,9,12H2,1-3H3,(H,20,24). The molecule has 1 amide bonds. The molecule has 0 saturated heterocycles. The minimum Gasteiger partial charge on any atom is -0.495 e. The first-order chi connectivity index (χ1) is 13.1. The van der Waals surface area contributed by atoms with Crippen LogP contribution in [-0.2, 0) is 11.3 Å². The number of thioether (sulfide) groups is 1. The molecule has 0 fully saturated rings. The Bertz CT molecular complexity index is 920. The van der Waals surface area contributed by atoms with Crippen LogP contribution in [-0.4, -0.2) is 33.5 Å². The van der Waals surface area contributed by atoms with E-state index in [1.165, 1.54) is 16.6 Å². The maximum Gasteiger partial charge on any atom is 0.234 e. The molecule has 2 heterocycles. The summed E-state index contributed by atoms with van der Waals surface area (Å²) in [4.78, 5) is 13.6. The predicted molar refractivity (Wildman–Crippen MR) is 111 cm³/mol. The second kappa shape index (κ2) is 9.05. The molecular formula is C19H22N4O2S2. The van der Waals surface area contributed by atoms with Crippen molar-refractivity contribution in [3.05, 3.63) is 40.6 Å². The highest BCUT2D eigenvalue weighted by Gasteiger charge is 2.16. The van der Waals surface area contributed by atoms with Crippen LogP contribution in [0, 0.1) is 6.92 Å². The molecule has 8 heteroatoms. The fourth-order valence-corrected chi connectivity index (χ4v) is 4.11. The smallest absolute Gasteiger partial charge is 0.234 e. The van der Waals surface area contributed by atoms with E-state index >= 15 is 0 Å². The number of benzene rings is 1. The lowest BCUT2D eigenvalue weighted by molar-refractivity contribution is -0.113. The van der Waals surface area contributed by atoms with Gasteiger partial charge in [-0.2, -0.15) is 0 Å². The minimum atomic E-state index is -0.108. The van der Waals surface area contributed by atoms with E-state index in [0.717, 1.165) is 29.5 Å². The van der Waals surface area contributed by atoms with E-state index in [1.54, 1.807) is 18.4 Å². The summed E-state index contributed by atoms with van der Waals surface area (Å²) < 4.78 is 7.35. The number of thiophene rings is 1. The van der Waals surface area contributed by atoms with Gasteiger partial charge >= 0.3 is 0 Å². The summed E-state index contributed by atoms with van der Waals surface area (Å²) in [6, 6.07) is 9.47. The number of hydrogen-bond donors (Lipinski definition) is 1. The van der Waals surface area contributed by atoms with Gasteiger partial charge in [0.05, 0.1) is 18.6 Å². The first-order valence-electron chi connectivity index (χ1n) is 8.66. The van der Waals surface area contributed by atoms with Gasteiger partial charge < -0.3 is 14.6 Å². The average molecular weight is 403 g/mol. The quantitative estimate of drug-likeness (QED) is 0.563. The van der Waals surface area contributed by atoms with Gasteiger partial charge in [0.25, 0.3) is 0 Å². The maximum atomic E-state index is 12.4. The number of carbonyl (C=O) groups excluding carboxylic acids is 1. The van der Waals surface area contributed by atoms with Crippen molar-refractivity contribution in [1.29, 1.82) is 0 Å². The topological polar surface area (TPSA) is 69.0 Å². The number of hydrogen-bond acceptors (Lipinski definition) is 6. The summed E-state index contributed by atoms with van der Waals surface area (Å²) in [5.41, 5.74) is 1.74. The number of methoxy groups -OCH3 is 1. The second-order valence-electron chi connectivity index (χ2n) is 5.94. The number of aryl methyl sites for hydroxylation is 1. The number of anilines is 1. The Kier molecular flexibility index (Phi) is 6.52. The Morgan fingerprint density at radius 2 is 2.15 bits per heavy atom. The van der Waals surface area contributed by atoms with Crippen LogP contribution in [0.3, 0.4) is 0 Å². The van der Waals surface area contributed by atoms with Gasteiger partial charge in [0.2, 0.25) is 5.91 Å². The molecule has 0 atom stereocenters. The van der Waals surface area contributed by atoms with Crippen LogP contribution in [0.1, 0.15) is 18.2 Å². The molecule has 3 rings (SSSR count). The zero-order valence-electron chi connectivity index (χ0n) is 15.6. The number of rotatable bonds is 8. The molecule has 0 aliphatic heterocycles. The zero-order chi connectivity index (χ0) is 19.2. The minimum absolute atomic E-state index is 0.108. The van der Waals surface area contributed by atoms with Crippen LogP contribution in [0.5, 0.6) is 5.75 Å². The van der Waals surface area contributed by atoms with Crippen LogP contribution in [0.4, 0.5) is 5.69 Å². The van der Waals surface area contributed by atoms with E-state index in [0.29, 0.717) is 11.4 Å². The molecule has 27 heavy (non-hydrogen) atoms. The van der Waals surface area contributed by atoms with Gasteiger partial charge in [-0.3, -0.25) is 4.79 Å². The van der Waals surface area contributed by atoms with Crippen molar-refractivity contribution in [2.45, 2.75) is 32.0 Å². The van der Waals surface area contributed by atoms with Gasteiger partial charge in [0.1, 0.15) is 5.75 Å². The Morgan fingerprint density at radius 3 is 2.85 bits per heavy atom. The van der Waals surface area contributed by atoms with E-state index < -0.39 is 0 Å². The molecule has 0 aliphatic rings. The van der Waals surface area contributed by atoms with Gasteiger partial charge in [0.15, 0.2) is 11.0 Å². The number of nitrogens with zero attached hydrogens (tertiary/aromatic N) is 3. The highest BCUT2D eigenvalue weighted by atomic mass is 32.2. The highest BCUT2D eigenvalue weighted by molar-refractivity contribution is 7.99. The monoisotopic (exact) mass is 402 g/mol. The van der Waals surface area contributed by atoms with Gasteiger partial charge in [-0.1, -0.05) is 30.8 Å². The van der Waals surface area contributed by atoms with E-state index in [2.05, 4.69) is 45.4 Å². The van der Waals surface area contributed by atoms with Crippen LogP contribution in [0.25, 0.3) is 11.4 Å². The molecule has 6 nitrogen and oxygen atoms in total. The van der Waals surface area contributed by atoms with Crippen molar-refractivity contribution in [1.82, 2.24) is 14.8 Å². The Hall–Kier alpha value is -2.32. The Labute approximate surface area is 167 Å². The lowest BCUT2D eigenvalue weighted by Gasteiger charge is -2.10. The van der Waals surface area contributed by atoms with E-state index in [-0.39, 0.29) is 11.7 Å². The van der Waals surface area contributed by atoms with Crippen molar-refractivity contribution in [2.75, 3.05) is 18.2 Å². The molecule has 0 spiro atoms. The number of carbonyl (C=O) groups is 1.